The van der Waals surface area contributed by atoms with E-state index in [4.69, 9.17) is 9.41 Å². The van der Waals surface area contributed by atoms with E-state index in [1.165, 1.54) is 42.1 Å². The van der Waals surface area contributed by atoms with Gasteiger partial charge in [0, 0.05) is 47.6 Å². The molecule has 0 saturated heterocycles. The van der Waals surface area contributed by atoms with Crippen LogP contribution in [0, 0.1) is 0 Å². The molecule has 0 amide bonds. The third kappa shape index (κ3) is 4.36. The van der Waals surface area contributed by atoms with Crippen molar-refractivity contribution in [2.45, 2.75) is 12.3 Å². The number of nitrogens with one attached hydrogen (secondary N) is 2. The van der Waals surface area contributed by atoms with Crippen molar-refractivity contribution >= 4 is 70.1 Å². The van der Waals surface area contributed by atoms with Crippen molar-refractivity contribution in [2.75, 3.05) is 0 Å². The van der Waals surface area contributed by atoms with Crippen LogP contribution in [0.3, 0.4) is 0 Å². The molecule has 1 aliphatic heterocycles. The highest BCUT2D eigenvalue weighted by Gasteiger charge is 2.28. The molecule has 4 nitrogen and oxygen atoms in total. The zero-order valence-electron chi connectivity index (χ0n) is 25.9. The highest BCUT2D eigenvalue weighted by Crippen LogP contribution is 2.45. The van der Waals surface area contributed by atoms with Crippen LogP contribution in [0.1, 0.15) is 29.0 Å². The van der Waals surface area contributed by atoms with Gasteiger partial charge in [-0.1, -0.05) is 127 Å². The monoisotopic (exact) mass is 635 g/mol. The molecule has 7 aromatic carbocycles. The van der Waals surface area contributed by atoms with Crippen molar-refractivity contribution in [1.29, 1.82) is 0 Å². The molecule has 228 valence electrons. The van der Waals surface area contributed by atoms with Crippen LogP contribution in [0.25, 0.3) is 64.0 Å². The number of furan rings is 1. The van der Waals surface area contributed by atoms with Crippen LogP contribution in [-0.4, -0.2) is 5.84 Å². The summed E-state index contributed by atoms with van der Waals surface area (Å²) in [5.74, 6) is 0.860. The Hall–Kier alpha value is -5.75. The topological polar surface area (TPSA) is 49.6 Å². The van der Waals surface area contributed by atoms with Crippen molar-refractivity contribution < 1.29 is 4.42 Å². The second-order valence-corrected chi connectivity index (χ2v) is 13.4. The fraction of sp³-hybridized carbons (Fsp3) is 0.0465. The molecule has 2 aromatic heterocycles. The zero-order chi connectivity index (χ0) is 31.6. The lowest BCUT2D eigenvalue weighted by Crippen LogP contribution is -2.45. The van der Waals surface area contributed by atoms with Crippen molar-refractivity contribution in [3.05, 3.63) is 168 Å². The summed E-state index contributed by atoms with van der Waals surface area (Å²) >= 11 is 1.86. The minimum Gasteiger partial charge on any atom is -0.456 e. The van der Waals surface area contributed by atoms with Gasteiger partial charge in [0.15, 0.2) is 0 Å². The van der Waals surface area contributed by atoms with Gasteiger partial charge in [-0.05, 0) is 46.2 Å². The number of fused-ring (bicyclic) bond motifs is 7. The maximum Gasteiger partial charge on any atom is 0.136 e. The normalized spacial score (nSPS) is 16.5. The Morgan fingerprint density at radius 2 is 1.31 bits per heavy atom. The smallest absolute Gasteiger partial charge is 0.136 e. The summed E-state index contributed by atoms with van der Waals surface area (Å²) in [6, 6.07) is 53.7. The molecule has 48 heavy (non-hydrogen) atoms. The number of rotatable bonds is 4. The van der Waals surface area contributed by atoms with Crippen molar-refractivity contribution in [3.8, 4) is 11.1 Å². The molecule has 1 aliphatic rings. The molecule has 0 fully saturated rings. The summed E-state index contributed by atoms with van der Waals surface area (Å²) < 4.78 is 9.20. The summed E-state index contributed by atoms with van der Waals surface area (Å²) in [6.07, 6.45) is -0.467. The molecule has 10 rings (SSSR count). The van der Waals surface area contributed by atoms with Gasteiger partial charge in [0.1, 0.15) is 29.3 Å². The Bertz CT molecular complexity index is 2710. The molecule has 0 spiro atoms. The molecule has 9 aromatic rings. The van der Waals surface area contributed by atoms with E-state index in [1.54, 1.807) is 0 Å². The summed E-state index contributed by atoms with van der Waals surface area (Å²) in [5.41, 5.74) is 7.44. The molecule has 3 heterocycles. The summed E-state index contributed by atoms with van der Waals surface area (Å²) in [7, 11) is 0. The summed E-state index contributed by atoms with van der Waals surface area (Å²) in [6.45, 7) is 0. The van der Waals surface area contributed by atoms with Gasteiger partial charge >= 0.3 is 0 Å². The number of aliphatic imine (C=N–C) groups is 1. The van der Waals surface area contributed by atoms with Gasteiger partial charge < -0.3 is 9.73 Å². The van der Waals surface area contributed by atoms with Gasteiger partial charge in [-0.15, -0.1) is 11.3 Å². The first kappa shape index (κ1) is 27.4. The van der Waals surface area contributed by atoms with Crippen LogP contribution in [0.15, 0.2) is 161 Å². The maximum atomic E-state index is 6.61. The first-order valence-corrected chi connectivity index (χ1v) is 17.1. The van der Waals surface area contributed by atoms with E-state index in [0.29, 0.717) is 0 Å². The molecular weight excluding hydrogens is 607 g/mol. The predicted octanol–water partition coefficient (Wildman–Crippen LogP) is 11.1. The van der Waals surface area contributed by atoms with Crippen LogP contribution in [0.5, 0.6) is 0 Å². The van der Waals surface area contributed by atoms with Crippen LogP contribution in [0.4, 0.5) is 0 Å². The van der Waals surface area contributed by atoms with Crippen LogP contribution in [0.2, 0.25) is 0 Å². The molecule has 5 heteroatoms. The molecule has 2 atom stereocenters. The SMILES string of the molecule is c1ccc(C2N=C(c3ccc4ccccc4c3)NC(c3cccc4oc5cccc(-c6cccc7c6sc6ccccc67)c5c34)N2)cc1. The first-order chi connectivity index (χ1) is 23.8. The minimum absolute atomic E-state index is 0.230. The lowest BCUT2D eigenvalue weighted by molar-refractivity contribution is 0.411. The van der Waals surface area contributed by atoms with Gasteiger partial charge in [-0.3, -0.25) is 5.32 Å². The van der Waals surface area contributed by atoms with Gasteiger partial charge in [-0.2, -0.15) is 0 Å². The average Bonchev–Trinajstić information content (AvgIpc) is 3.74. The summed E-state index contributed by atoms with van der Waals surface area (Å²) in [4.78, 5) is 5.23. The van der Waals surface area contributed by atoms with E-state index >= 15 is 0 Å². The Kier molecular flexibility index (Phi) is 6.22. The largest absolute Gasteiger partial charge is 0.456 e. The van der Waals surface area contributed by atoms with E-state index in [2.05, 4.69) is 156 Å². The number of hydrogen-bond donors (Lipinski definition) is 2. The molecule has 0 saturated carbocycles. The molecule has 0 aliphatic carbocycles. The van der Waals surface area contributed by atoms with Crippen LogP contribution >= 0.6 is 11.3 Å². The predicted molar refractivity (Wildman–Crippen MR) is 201 cm³/mol. The van der Waals surface area contributed by atoms with E-state index in [0.717, 1.165) is 44.5 Å². The number of nitrogens with zero attached hydrogens (tertiary/aromatic N) is 1. The van der Waals surface area contributed by atoms with Gasteiger partial charge in [0.2, 0.25) is 0 Å². The van der Waals surface area contributed by atoms with E-state index in [-0.39, 0.29) is 12.3 Å². The maximum absolute atomic E-state index is 6.61. The van der Waals surface area contributed by atoms with Gasteiger partial charge in [0.05, 0.1) is 0 Å². The fourth-order valence-electron chi connectivity index (χ4n) is 7.33. The molecular formula is C43H29N3OS. The van der Waals surface area contributed by atoms with E-state index in [9.17, 15) is 0 Å². The number of hydrogen-bond acceptors (Lipinski definition) is 5. The third-order valence-electron chi connectivity index (χ3n) is 9.56. The first-order valence-electron chi connectivity index (χ1n) is 16.3. The lowest BCUT2D eigenvalue weighted by Gasteiger charge is -2.32. The second-order valence-electron chi connectivity index (χ2n) is 12.4. The Balaban J connectivity index is 1.17. The highest BCUT2D eigenvalue weighted by molar-refractivity contribution is 7.26. The van der Waals surface area contributed by atoms with Crippen molar-refractivity contribution in [3.63, 3.8) is 0 Å². The number of thiophene rings is 1. The van der Waals surface area contributed by atoms with Crippen molar-refractivity contribution in [1.82, 2.24) is 10.6 Å². The second kappa shape index (κ2) is 10.9. The zero-order valence-corrected chi connectivity index (χ0v) is 26.7. The Morgan fingerprint density at radius 3 is 2.23 bits per heavy atom. The molecule has 2 unspecified atom stereocenters. The van der Waals surface area contributed by atoms with E-state index in [1.807, 2.05) is 17.4 Å². The Labute approximate surface area is 281 Å². The van der Waals surface area contributed by atoms with Gasteiger partial charge in [-0.25, -0.2) is 4.99 Å². The average molecular weight is 636 g/mol. The fourth-order valence-corrected chi connectivity index (χ4v) is 8.56. The van der Waals surface area contributed by atoms with Crippen molar-refractivity contribution in [2.24, 2.45) is 4.99 Å². The lowest BCUT2D eigenvalue weighted by atomic mass is 9.95. The number of amidine groups is 1. The van der Waals surface area contributed by atoms with Gasteiger partial charge in [0.25, 0.3) is 0 Å². The van der Waals surface area contributed by atoms with Crippen LogP contribution < -0.4 is 10.6 Å². The van der Waals surface area contributed by atoms with E-state index < -0.39 is 0 Å². The van der Waals surface area contributed by atoms with Crippen LogP contribution in [-0.2, 0) is 0 Å². The quantitative estimate of drug-likeness (QED) is 0.202. The number of benzene rings is 7. The minimum atomic E-state index is -0.237. The molecule has 2 N–H and O–H groups in total. The molecule has 0 bridgehead atoms. The Morgan fingerprint density at radius 1 is 0.583 bits per heavy atom. The summed E-state index contributed by atoms with van der Waals surface area (Å²) in [5, 5.41) is 14.9. The standard InChI is InChI=1S/C43H29N3OS/c1-2-12-27(13-3-1)41-44-42(29-24-23-26-11-4-5-14-28(26)25-29)46-43(45-41)34-19-10-21-36-39(34)38-31(16-9-20-35(38)47-36)33-18-8-17-32-30-15-6-7-22-37(30)48-40(32)33/h1-25,41,43,45H,(H,44,46). The molecule has 0 radical (unpaired) electrons. The third-order valence-corrected chi connectivity index (χ3v) is 10.8. The highest BCUT2D eigenvalue weighted by atomic mass is 32.1.